The second kappa shape index (κ2) is 4.10. The van der Waals surface area contributed by atoms with Crippen LogP contribution in [-0.2, 0) is 6.54 Å². The van der Waals surface area contributed by atoms with Gasteiger partial charge in [-0.3, -0.25) is 4.68 Å². The van der Waals surface area contributed by atoms with E-state index < -0.39 is 0 Å². The third-order valence-corrected chi connectivity index (χ3v) is 2.85. The van der Waals surface area contributed by atoms with E-state index in [1.54, 1.807) is 16.9 Å². The van der Waals surface area contributed by atoms with E-state index in [1.165, 1.54) is 12.1 Å². The maximum absolute atomic E-state index is 13.0. The summed E-state index contributed by atoms with van der Waals surface area (Å²) in [7, 11) is 0. The lowest BCUT2D eigenvalue weighted by molar-refractivity contribution is 0.491. The van der Waals surface area contributed by atoms with E-state index in [2.05, 4.69) is 32.7 Å². The van der Waals surface area contributed by atoms with Crippen LogP contribution in [0.2, 0.25) is 0 Å². The Labute approximate surface area is 110 Å². The molecule has 2 heterocycles. The van der Waals surface area contributed by atoms with Gasteiger partial charge in [0.05, 0.1) is 9.77 Å². The van der Waals surface area contributed by atoms with Crippen LogP contribution in [0.3, 0.4) is 0 Å². The highest BCUT2D eigenvalue weighted by Gasteiger charge is 2.07. The van der Waals surface area contributed by atoms with Crippen molar-refractivity contribution in [3.8, 4) is 0 Å². The lowest BCUT2D eigenvalue weighted by Crippen LogP contribution is -1.99. The Bertz CT molecular complexity index is 676. The molecule has 0 N–H and O–H groups in total. The van der Waals surface area contributed by atoms with Gasteiger partial charge < -0.3 is 4.42 Å². The number of oxazole rings is 1. The summed E-state index contributed by atoms with van der Waals surface area (Å²) in [4.78, 5) is 4.21. The quantitative estimate of drug-likeness (QED) is 0.672. The molecule has 1 aromatic carbocycles. The summed E-state index contributed by atoms with van der Waals surface area (Å²) in [6, 6.07) is 4.29. The standard InChI is InChI=1S/C11H7FIN3O/c12-7-1-2-10-9(3-7)15-11(17-10)6-16-5-8(13)4-14-16/h1-5H,6H2. The average molecular weight is 343 g/mol. The first-order valence-corrected chi connectivity index (χ1v) is 6.01. The highest BCUT2D eigenvalue weighted by atomic mass is 127. The summed E-state index contributed by atoms with van der Waals surface area (Å²) in [5.74, 6) is 0.205. The lowest BCUT2D eigenvalue weighted by atomic mass is 10.3. The molecule has 0 saturated carbocycles. The summed E-state index contributed by atoms with van der Waals surface area (Å²) >= 11 is 2.18. The second-order valence-corrected chi connectivity index (χ2v) is 4.82. The molecule has 17 heavy (non-hydrogen) atoms. The molecule has 0 fully saturated rings. The van der Waals surface area contributed by atoms with Crippen LogP contribution in [0.5, 0.6) is 0 Å². The van der Waals surface area contributed by atoms with Crippen LogP contribution in [0.25, 0.3) is 11.1 Å². The van der Waals surface area contributed by atoms with E-state index in [1.807, 2.05) is 6.20 Å². The van der Waals surface area contributed by atoms with Crippen molar-refractivity contribution < 1.29 is 8.81 Å². The summed E-state index contributed by atoms with van der Waals surface area (Å²) in [5.41, 5.74) is 1.12. The molecule has 0 amide bonds. The third-order valence-electron chi connectivity index (χ3n) is 2.29. The van der Waals surface area contributed by atoms with E-state index in [9.17, 15) is 4.39 Å². The maximum Gasteiger partial charge on any atom is 0.217 e. The molecule has 0 aliphatic rings. The van der Waals surface area contributed by atoms with Gasteiger partial charge in [0, 0.05) is 12.3 Å². The van der Waals surface area contributed by atoms with Crippen LogP contribution >= 0.6 is 22.6 Å². The molecule has 0 aliphatic heterocycles. The van der Waals surface area contributed by atoms with Crippen molar-refractivity contribution in [2.45, 2.75) is 6.54 Å². The number of fused-ring (bicyclic) bond motifs is 1. The van der Waals surface area contributed by atoms with Gasteiger partial charge in [0.25, 0.3) is 0 Å². The van der Waals surface area contributed by atoms with E-state index in [0.29, 0.717) is 23.5 Å². The molecular formula is C11H7FIN3O. The predicted octanol–water partition coefficient (Wildman–Crippen LogP) is 2.82. The molecule has 86 valence electrons. The first-order chi connectivity index (χ1) is 8.20. The van der Waals surface area contributed by atoms with E-state index in [0.717, 1.165) is 3.57 Å². The molecule has 0 aliphatic carbocycles. The van der Waals surface area contributed by atoms with Gasteiger partial charge in [-0.15, -0.1) is 0 Å². The SMILES string of the molecule is Fc1ccc2oc(Cn3cc(I)cn3)nc2c1. The van der Waals surface area contributed by atoms with Crippen molar-refractivity contribution in [2.75, 3.05) is 0 Å². The Morgan fingerprint density at radius 1 is 1.41 bits per heavy atom. The molecule has 0 bridgehead atoms. The third kappa shape index (κ3) is 2.17. The zero-order valence-electron chi connectivity index (χ0n) is 8.60. The molecule has 0 radical (unpaired) electrons. The van der Waals surface area contributed by atoms with Gasteiger partial charge in [-0.05, 0) is 34.7 Å². The Hall–Kier alpha value is -1.44. The van der Waals surface area contributed by atoms with E-state index in [-0.39, 0.29) is 5.82 Å². The Morgan fingerprint density at radius 3 is 3.06 bits per heavy atom. The highest BCUT2D eigenvalue weighted by Crippen LogP contribution is 2.17. The number of halogens is 2. The van der Waals surface area contributed by atoms with Gasteiger partial charge in [-0.25, -0.2) is 9.37 Å². The van der Waals surface area contributed by atoms with Crippen LogP contribution < -0.4 is 0 Å². The number of hydrogen-bond donors (Lipinski definition) is 0. The molecule has 3 aromatic rings. The molecule has 0 spiro atoms. The molecule has 2 aromatic heterocycles. The summed E-state index contributed by atoms with van der Waals surface area (Å²) in [6.07, 6.45) is 3.64. The fraction of sp³-hybridized carbons (Fsp3) is 0.0909. The highest BCUT2D eigenvalue weighted by molar-refractivity contribution is 14.1. The fourth-order valence-corrected chi connectivity index (χ4v) is 2.03. The fourth-order valence-electron chi connectivity index (χ4n) is 1.58. The number of benzene rings is 1. The normalized spacial score (nSPS) is 11.2. The van der Waals surface area contributed by atoms with Gasteiger partial charge in [-0.1, -0.05) is 0 Å². The summed E-state index contributed by atoms with van der Waals surface area (Å²) < 4.78 is 21.2. The molecule has 3 rings (SSSR count). The minimum absolute atomic E-state index is 0.314. The molecule has 0 saturated heterocycles. The van der Waals surface area contributed by atoms with Gasteiger partial charge >= 0.3 is 0 Å². The van der Waals surface area contributed by atoms with E-state index in [4.69, 9.17) is 4.42 Å². The van der Waals surface area contributed by atoms with Gasteiger partial charge in [0.1, 0.15) is 17.9 Å². The van der Waals surface area contributed by atoms with Crippen molar-refractivity contribution in [1.29, 1.82) is 0 Å². The molecule has 4 nitrogen and oxygen atoms in total. The zero-order valence-corrected chi connectivity index (χ0v) is 10.8. The number of aromatic nitrogens is 3. The molecule has 0 atom stereocenters. The predicted molar refractivity (Wildman–Crippen MR) is 68.0 cm³/mol. The molecular weight excluding hydrogens is 336 g/mol. The maximum atomic E-state index is 13.0. The summed E-state index contributed by atoms with van der Waals surface area (Å²) in [6.45, 7) is 0.444. The minimum Gasteiger partial charge on any atom is -0.439 e. The van der Waals surface area contributed by atoms with Gasteiger partial charge in [0.15, 0.2) is 5.58 Å². The number of nitrogens with zero attached hydrogens (tertiary/aromatic N) is 3. The Morgan fingerprint density at radius 2 is 2.29 bits per heavy atom. The smallest absolute Gasteiger partial charge is 0.217 e. The van der Waals surface area contributed by atoms with Crippen molar-refractivity contribution in [3.63, 3.8) is 0 Å². The van der Waals surface area contributed by atoms with Crippen LogP contribution in [-0.4, -0.2) is 14.8 Å². The average Bonchev–Trinajstić information content (AvgIpc) is 2.84. The molecule has 6 heteroatoms. The lowest BCUT2D eigenvalue weighted by Gasteiger charge is -1.94. The number of hydrogen-bond acceptors (Lipinski definition) is 3. The van der Waals surface area contributed by atoms with Crippen LogP contribution in [0, 0.1) is 9.39 Å². The minimum atomic E-state index is -0.314. The number of rotatable bonds is 2. The van der Waals surface area contributed by atoms with Gasteiger partial charge in [-0.2, -0.15) is 5.10 Å². The van der Waals surface area contributed by atoms with E-state index >= 15 is 0 Å². The second-order valence-electron chi connectivity index (χ2n) is 3.58. The van der Waals surface area contributed by atoms with Crippen LogP contribution in [0.15, 0.2) is 35.0 Å². The first kappa shape index (κ1) is 10.7. The molecule has 0 unspecified atom stereocenters. The first-order valence-electron chi connectivity index (χ1n) is 4.93. The topological polar surface area (TPSA) is 43.9 Å². The zero-order chi connectivity index (χ0) is 11.8. The van der Waals surface area contributed by atoms with Crippen molar-refractivity contribution >= 4 is 33.7 Å². The van der Waals surface area contributed by atoms with Crippen molar-refractivity contribution in [2.24, 2.45) is 0 Å². The summed E-state index contributed by atoms with van der Waals surface area (Å²) in [5, 5.41) is 4.13. The largest absolute Gasteiger partial charge is 0.439 e. The van der Waals surface area contributed by atoms with Crippen LogP contribution in [0.4, 0.5) is 4.39 Å². The van der Waals surface area contributed by atoms with Gasteiger partial charge in [0.2, 0.25) is 5.89 Å². The monoisotopic (exact) mass is 343 g/mol. The van der Waals surface area contributed by atoms with Crippen molar-refractivity contribution in [3.05, 3.63) is 45.9 Å². The Balaban J connectivity index is 1.95. The Kier molecular flexibility index (Phi) is 2.58. The van der Waals surface area contributed by atoms with Crippen molar-refractivity contribution in [1.82, 2.24) is 14.8 Å². The van der Waals surface area contributed by atoms with Crippen LogP contribution in [0.1, 0.15) is 5.89 Å².